The zero-order chi connectivity index (χ0) is 17.3. The van der Waals surface area contributed by atoms with E-state index in [1.807, 2.05) is 12.1 Å². The molecule has 1 fully saturated rings. The third-order valence-corrected chi connectivity index (χ3v) is 3.85. The van der Waals surface area contributed by atoms with Crippen LogP contribution in [0.4, 0.5) is 4.79 Å². The van der Waals surface area contributed by atoms with Crippen LogP contribution in [-0.4, -0.2) is 53.5 Å². The number of fused-ring (bicyclic) bond motifs is 1. The molecular weight excluding hydrogens is 316 g/mol. The van der Waals surface area contributed by atoms with Gasteiger partial charge in [0.25, 0.3) is 5.91 Å². The van der Waals surface area contributed by atoms with E-state index in [4.69, 9.17) is 14.2 Å². The number of β-amino-alcohol motifs (C(OH)–C–C–N with tert-alkyl or cyclic N) is 1. The average Bonchev–Trinajstić information content (AvgIpc) is 3.05. The molecular formula is C16H20N2O6. The average molecular weight is 336 g/mol. The second kappa shape index (κ2) is 6.29. The van der Waals surface area contributed by atoms with Crippen LogP contribution in [0.2, 0.25) is 0 Å². The van der Waals surface area contributed by atoms with E-state index in [0.29, 0.717) is 11.5 Å². The number of hydrogen-bond donors (Lipinski definition) is 2. The van der Waals surface area contributed by atoms with E-state index >= 15 is 0 Å². The van der Waals surface area contributed by atoms with Crippen LogP contribution >= 0.6 is 0 Å². The van der Waals surface area contributed by atoms with Gasteiger partial charge in [0, 0.05) is 0 Å². The van der Waals surface area contributed by atoms with E-state index in [-0.39, 0.29) is 32.5 Å². The van der Waals surface area contributed by atoms with Gasteiger partial charge in [-0.1, -0.05) is 6.07 Å². The van der Waals surface area contributed by atoms with Crippen molar-refractivity contribution in [3.63, 3.8) is 0 Å². The van der Waals surface area contributed by atoms with Gasteiger partial charge in [-0.2, -0.15) is 0 Å². The number of benzene rings is 1. The highest BCUT2D eigenvalue weighted by Crippen LogP contribution is 2.32. The molecule has 1 aromatic rings. The first kappa shape index (κ1) is 16.5. The fourth-order valence-electron chi connectivity index (χ4n) is 2.59. The van der Waals surface area contributed by atoms with E-state index < -0.39 is 17.7 Å². The molecule has 8 nitrogen and oxygen atoms in total. The molecule has 0 aliphatic carbocycles. The Balaban J connectivity index is 1.47. The Morgan fingerprint density at radius 3 is 2.79 bits per heavy atom. The summed E-state index contributed by atoms with van der Waals surface area (Å²) in [4.78, 5) is 24.8. The van der Waals surface area contributed by atoms with E-state index in [0.717, 1.165) is 10.5 Å². The predicted octanol–water partition coefficient (Wildman–Crippen LogP) is 0.623. The number of rotatable bonds is 6. The normalized spacial score (nSPS) is 19.5. The zero-order valence-corrected chi connectivity index (χ0v) is 13.6. The van der Waals surface area contributed by atoms with Crippen molar-refractivity contribution in [3.05, 3.63) is 23.8 Å². The highest BCUT2D eigenvalue weighted by atomic mass is 16.7. The molecule has 0 bridgehead atoms. The summed E-state index contributed by atoms with van der Waals surface area (Å²) in [5, 5.41) is 12.6. The summed E-state index contributed by atoms with van der Waals surface area (Å²) in [6, 6.07) is 4.96. The number of aliphatic hydroxyl groups excluding tert-OH is 1. The number of imide groups is 1. The number of carbonyl (C=O) groups is 2. The molecule has 1 saturated heterocycles. The highest BCUT2D eigenvalue weighted by molar-refractivity contribution is 6.06. The Morgan fingerprint density at radius 2 is 2.08 bits per heavy atom. The molecule has 2 heterocycles. The first-order chi connectivity index (χ1) is 11.4. The van der Waals surface area contributed by atoms with E-state index in [9.17, 15) is 14.7 Å². The number of amides is 3. The minimum Gasteiger partial charge on any atom is -0.454 e. The Labute approximate surface area is 139 Å². The van der Waals surface area contributed by atoms with Crippen LogP contribution in [-0.2, 0) is 16.1 Å². The molecule has 0 radical (unpaired) electrons. The molecule has 0 spiro atoms. The van der Waals surface area contributed by atoms with Crippen LogP contribution in [0, 0.1) is 0 Å². The summed E-state index contributed by atoms with van der Waals surface area (Å²) >= 11 is 0. The lowest BCUT2D eigenvalue weighted by Gasteiger charge is -2.19. The molecule has 1 aromatic carbocycles. The third kappa shape index (κ3) is 3.29. The molecule has 3 rings (SSSR count). The largest absolute Gasteiger partial charge is 0.454 e. The molecule has 8 heteroatoms. The molecule has 130 valence electrons. The fourth-order valence-corrected chi connectivity index (χ4v) is 2.59. The molecule has 0 aromatic heterocycles. The number of nitrogens with one attached hydrogen (secondary N) is 1. The number of hydrogen-bond acceptors (Lipinski definition) is 6. The van der Waals surface area contributed by atoms with Crippen molar-refractivity contribution in [3.8, 4) is 11.5 Å². The monoisotopic (exact) mass is 336 g/mol. The van der Waals surface area contributed by atoms with Gasteiger partial charge >= 0.3 is 6.03 Å². The van der Waals surface area contributed by atoms with E-state index in [2.05, 4.69) is 5.32 Å². The summed E-state index contributed by atoms with van der Waals surface area (Å²) in [6.45, 7) is 3.63. The van der Waals surface area contributed by atoms with Crippen LogP contribution in [0.1, 0.15) is 19.4 Å². The lowest BCUT2D eigenvalue weighted by molar-refractivity contribution is -0.131. The van der Waals surface area contributed by atoms with Crippen LogP contribution in [0.25, 0.3) is 0 Å². The van der Waals surface area contributed by atoms with Gasteiger partial charge in [-0.15, -0.1) is 0 Å². The van der Waals surface area contributed by atoms with Crippen molar-refractivity contribution in [2.24, 2.45) is 0 Å². The van der Waals surface area contributed by atoms with Gasteiger partial charge in [-0.25, -0.2) is 4.79 Å². The topological polar surface area (TPSA) is 97.3 Å². The summed E-state index contributed by atoms with van der Waals surface area (Å²) in [6.07, 6.45) is -0.956. The lowest BCUT2D eigenvalue weighted by Crippen LogP contribution is -2.42. The highest BCUT2D eigenvalue weighted by Gasteiger charge is 2.44. The SMILES string of the molecule is CC1(C)NC(=O)N(CC(O)COCc2ccc3c(c2)OCO3)C1=O. The Bertz CT molecular complexity index is 660. The quantitative estimate of drug-likeness (QED) is 0.739. The van der Waals surface area contributed by atoms with Gasteiger partial charge < -0.3 is 24.6 Å². The molecule has 0 saturated carbocycles. The molecule has 2 aliphatic rings. The number of aliphatic hydroxyl groups is 1. The van der Waals surface area contributed by atoms with Gasteiger partial charge in [0.2, 0.25) is 6.79 Å². The van der Waals surface area contributed by atoms with Crippen molar-refractivity contribution < 1.29 is 28.9 Å². The minimum atomic E-state index is -0.956. The summed E-state index contributed by atoms with van der Waals surface area (Å²) in [5.41, 5.74) is -0.0629. The summed E-state index contributed by atoms with van der Waals surface area (Å²) in [7, 11) is 0. The predicted molar refractivity (Wildman–Crippen MR) is 82.6 cm³/mol. The zero-order valence-electron chi connectivity index (χ0n) is 13.6. The first-order valence-electron chi connectivity index (χ1n) is 7.65. The van der Waals surface area contributed by atoms with E-state index in [1.165, 1.54) is 0 Å². The smallest absolute Gasteiger partial charge is 0.325 e. The van der Waals surface area contributed by atoms with Crippen LogP contribution in [0.15, 0.2) is 18.2 Å². The summed E-state index contributed by atoms with van der Waals surface area (Å²) in [5.74, 6) is 1.00. The maximum atomic E-state index is 12.0. The Kier molecular flexibility index (Phi) is 4.33. The number of nitrogens with zero attached hydrogens (tertiary/aromatic N) is 1. The Hall–Kier alpha value is -2.32. The molecule has 24 heavy (non-hydrogen) atoms. The van der Waals surface area contributed by atoms with Crippen LogP contribution in [0.5, 0.6) is 11.5 Å². The first-order valence-corrected chi connectivity index (χ1v) is 7.65. The maximum absolute atomic E-state index is 12.0. The lowest BCUT2D eigenvalue weighted by atomic mass is 10.1. The Morgan fingerprint density at radius 1 is 1.33 bits per heavy atom. The molecule has 1 unspecified atom stereocenters. The van der Waals surface area contributed by atoms with Crippen molar-refractivity contribution in [1.82, 2.24) is 10.2 Å². The molecule has 3 amide bonds. The van der Waals surface area contributed by atoms with Gasteiger partial charge in [0.1, 0.15) is 5.54 Å². The van der Waals surface area contributed by atoms with Gasteiger partial charge in [-0.3, -0.25) is 9.69 Å². The third-order valence-electron chi connectivity index (χ3n) is 3.85. The molecule has 2 aliphatic heterocycles. The minimum absolute atomic E-state index is 0.00588. The van der Waals surface area contributed by atoms with Crippen LogP contribution < -0.4 is 14.8 Å². The van der Waals surface area contributed by atoms with Crippen LogP contribution in [0.3, 0.4) is 0 Å². The van der Waals surface area contributed by atoms with Crippen molar-refractivity contribution >= 4 is 11.9 Å². The number of urea groups is 1. The van der Waals surface area contributed by atoms with Crippen molar-refractivity contribution in [2.45, 2.75) is 32.1 Å². The van der Waals surface area contributed by atoms with Crippen molar-refractivity contribution in [1.29, 1.82) is 0 Å². The maximum Gasteiger partial charge on any atom is 0.325 e. The number of ether oxygens (including phenoxy) is 3. The summed E-state index contributed by atoms with van der Waals surface area (Å²) < 4.78 is 16.0. The van der Waals surface area contributed by atoms with Gasteiger partial charge in [0.15, 0.2) is 11.5 Å². The number of carbonyl (C=O) groups excluding carboxylic acids is 2. The van der Waals surface area contributed by atoms with Crippen molar-refractivity contribution in [2.75, 3.05) is 19.9 Å². The standard InChI is InChI=1S/C16H20N2O6/c1-16(2)14(20)18(15(21)17-16)6-11(19)8-22-7-10-3-4-12-13(5-10)24-9-23-12/h3-5,11,19H,6-9H2,1-2H3,(H,17,21). The van der Waals surface area contributed by atoms with E-state index in [1.54, 1.807) is 19.9 Å². The fraction of sp³-hybridized carbons (Fsp3) is 0.500. The molecule has 1 atom stereocenters. The second-order valence-corrected chi connectivity index (χ2v) is 6.33. The molecule has 2 N–H and O–H groups in total. The second-order valence-electron chi connectivity index (χ2n) is 6.33. The van der Waals surface area contributed by atoms with Gasteiger partial charge in [-0.05, 0) is 31.5 Å². The van der Waals surface area contributed by atoms with Gasteiger partial charge in [0.05, 0.1) is 25.9 Å².